The van der Waals surface area contributed by atoms with E-state index in [0.717, 1.165) is 0 Å². The van der Waals surface area contributed by atoms with Crippen LogP contribution in [-0.4, -0.2) is 32.3 Å². The van der Waals surface area contributed by atoms with E-state index in [2.05, 4.69) is 15.4 Å². The quantitative estimate of drug-likeness (QED) is 0.658. The number of allylic oxidation sites excluding steroid dienone is 2. The number of aromatic nitrogens is 3. The van der Waals surface area contributed by atoms with Crippen LogP contribution in [0.5, 0.6) is 11.5 Å². The van der Waals surface area contributed by atoms with Gasteiger partial charge < -0.3 is 15.2 Å². The highest BCUT2D eigenvalue weighted by Crippen LogP contribution is 2.46. The molecule has 0 fully saturated rings. The number of alkyl halides is 2. The molecule has 1 aliphatic carbocycles. The number of phenolic OH excluding ortho intramolecular Hbond substituents is 1. The highest BCUT2D eigenvalue weighted by atomic mass is 19.3. The van der Waals surface area contributed by atoms with Crippen molar-refractivity contribution in [1.82, 2.24) is 14.8 Å². The first-order valence-electron chi connectivity index (χ1n) is 9.77. The molecular weight excluding hydrogens is 406 g/mol. The molecule has 5 rings (SSSR count). The molecule has 158 valence electrons. The van der Waals surface area contributed by atoms with Crippen LogP contribution < -0.4 is 10.1 Å². The minimum atomic E-state index is -3.00. The average molecular weight is 424 g/mol. The average Bonchev–Trinajstić information content (AvgIpc) is 3.21. The van der Waals surface area contributed by atoms with E-state index in [9.17, 15) is 18.7 Å². The van der Waals surface area contributed by atoms with Crippen molar-refractivity contribution in [3.63, 3.8) is 0 Å². The molecule has 2 heterocycles. The molecule has 7 nitrogen and oxygen atoms in total. The number of nitrogens with zero attached hydrogens (tertiary/aromatic N) is 3. The maximum absolute atomic E-state index is 13.3. The molecule has 2 aromatic carbocycles. The fourth-order valence-electron chi connectivity index (χ4n) is 4.40. The highest BCUT2D eigenvalue weighted by molar-refractivity contribution is 6.00. The summed E-state index contributed by atoms with van der Waals surface area (Å²) in [5.74, 6) is 0.146. The Morgan fingerprint density at radius 2 is 1.84 bits per heavy atom. The number of phenols is 1. The van der Waals surface area contributed by atoms with E-state index in [1.807, 2.05) is 6.07 Å². The van der Waals surface area contributed by atoms with E-state index in [0.29, 0.717) is 34.8 Å². The second-order valence-corrected chi connectivity index (χ2v) is 7.45. The number of Topliss-reactive ketones (excluding diaryl/α,β-unsaturated/α-hetero) is 1. The van der Waals surface area contributed by atoms with Gasteiger partial charge in [0.05, 0.1) is 0 Å². The van der Waals surface area contributed by atoms with Crippen molar-refractivity contribution in [2.45, 2.75) is 31.4 Å². The van der Waals surface area contributed by atoms with Gasteiger partial charge in [-0.3, -0.25) is 4.79 Å². The summed E-state index contributed by atoms with van der Waals surface area (Å²) >= 11 is 0. The van der Waals surface area contributed by atoms with Gasteiger partial charge in [0.2, 0.25) is 5.95 Å². The highest BCUT2D eigenvalue weighted by Gasteiger charge is 2.40. The molecule has 1 aromatic heterocycles. The van der Waals surface area contributed by atoms with Crippen LogP contribution in [0.25, 0.3) is 0 Å². The van der Waals surface area contributed by atoms with Crippen molar-refractivity contribution in [3.8, 4) is 11.5 Å². The number of rotatable bonds is 4. The fraction of sp³-hybridized carbons (Fsp3) is 0.227. The predicted octanol–water partition coefficient (Wildman–Crippen LogP) is 4.00. The number of carbonyl (C=O) groups is 1. The minimum absolute atomic E-state index is 0.0201. The second kappa shape index (κ2) is 7.50. The zero-order valence-electron chi connectivity index (χ0n) is 16.2. The lowest BCUT2D eigenvalue weighted by molar-refractivity contribution is -0.116. The van der Waals surface area contributed by atoms with E-state index in [1.54, 1.807) is 36.4 Å². The molecule has 0 radical (unpaired) electrons. The van der Waals surface area contributed by atoms with Crippen molar-refractivity contribution in [2.75, 3.05) is 5.32 Å². The van der Waals surface area contributed by atoms with Crippen molar-refractivity contribution in [1.29, 1.82) is 0 Å². The molecule has 0 saturated heterocycles. The Kier molecular flexibility index (Phi) is 4.65. The van der Waals surface area contributed by atoms with Crippen molar-refractivity contribution >= 4 is 11.7 Å². The summed E-state index contributed by atoms with van der Waals surface area (Å²) < 4.78 is 32.3. The summed E-state index contributed by atoms with van der Waals surface area (Å²) in [5, 5.41) is 17.6. The summed E-state index contributed by atoms with van der Waals surface area (Å²) in [6.07, 6.45) is 1.98. The first-order valence-corrected chi connectivity index (χ1v) is 9.77. The van der Waals surface area contributed by atoms with E-state index in [-0.39, 0.29) is 29.6 Å². The van der Waals surface area contributed by atoms with Crippen molar-refractivity contribution < 1.29 is 23.4 Å². The Morgan fingerprint density at radius 1 is 1.10 bits per heavy atom. The van der Waals surface area contributed by atoms with Gasteiger partial charge in [-0.15, -0.1) is 0 Å². The number of hydrogen-bond donors (Lipinski definition) is 2. The van der Waals surface area contributed by atoms with Gasteiger partial charge in [-0.2, -0.15) is 18.9 Å². The second-order valence-electron chi connectivity index (χ2n) is 7.45. The number of benzene rings is 2. The van der Waals surface area contributed by atoms with Crippen LogP contribution in [0.15, 0.2) is 66.1 Å². The lowest BCUT2D eigenvalue weighted by atomic mass is 9.77. The zero-order valence-corrected chi connectivity index (χ0v) is 16.2. The standard InChI is InChI=1S/C22H18F2N4O3/c23-21(24)31-18-8-4-2-6-14(18)20-19-15(27-22-25-11-26-28(20)22)9-12(10-17(19)30)13-5-1-3-7-16(13)29/h1-8,11-12,20-21,29H,9-10H2,(H,25,26,27). The van der Waals surface area contributed by atoms with Crippen LogP contribution in [0.3, 0.4) is 0 Å². The normalized spacial score (nSPS) is 20.3. The van der Waals surface area contributed by atoms with E-state index >= 15 is 0 Å². The van der Waals surface area contributed by atoms with Crippen LogP contribution in [-0.2, 0) is 4.79 Å². The maximum atomic E-state index is 13.3. The van der Waals surface area contributed by atoms with Crippen LogP contribution >= 0.6 is 0 Å². The topological polar surface area (TPSA) is 89.3 Å². The summed E-state index contributed by atoms with van der Waals surface area (Å²) in [4.78, 5) is 17.6. The van der Waals surface area contributed by atoms with Crippen LogP contribution in [0.4, 0.5) is 14.7 Å². The van der Waals surface area contributed by atoms with Gasteiger partial charge in [0, 0.05) is 29.2 Å². The van der Waals surface area contributed by atoms with Gasteiger partial charge in [0.25, 0.3) is 0 Å². The molecule has 0 saturated carbocycles. The van der Waals surface area contributed by atoms with E-state index in [4.69, 9.17) is 4.74 Å². The number of ether oxygens (including phenoxy) is 1. The molecule has 0 spiro atoms. The Balaban J connectivity index is 1.62. The number of carbonyl (C=O) groups excluding carboxylic acids is 1. The molecule has 2 atom stereocenters. The first kappa shape index (κ1) is 19.2. The van der Waals surface area contributed by atoms with E-state index in [1.165, 1.54) is 17.1 Å². The summed E-state index contributed by atoms with van der Waals surface area (Å²) in [6.45, 7) is -3.00. The molecule has 0 bridgehead atoms. The van der Waals surface area contributed by atoms with Gasteiger partial charge in [-0.1, -0.05) is 36.4 Å². The van der Waals surface area contributed by atoms with Gasteiger partial charge in [-0.05, 0) is 24.1 Å². The SMILES string of the molecule is O=C1CC(c2ccccc2O)CC2=C1C(c1ccccc1OC(F)F)n1ncnc1N2. The fourth-order valence-corrected chi connectivity index (χ4v) is 4.40. The minimum Gasteiger partial charge on any atom is -0.508 e. The Bertz CT molecular complexity index is 1190. The summed E-state index contributed by atoms with van der Waals surface area (Å²) in [6, 6.07) is 12.6. The number of anilines is 1. The number of para-hydroxylation sites is 2. The zero-order chi connectivity index (χ0) is 21.5. The molecule has 0 amide bonds. The molecule has 1 aliphatic heterocycles. The molecule has 2 N–H and O–H groups in total. The predicted molar refractivity (Wildman–Crippen MR) is 107 cm³/mol. The molecular formula is C22H18F2N4O3. The molecule has 2 unspecified atom stereocenters. The summed E-state index contributed by atoms with van der Waals surface area (Å²) in [5.41, 5.74) is 2.17. The molecule has 9 heteroatoms. The number of nitrogens with one attached hydrogen (secondary N) is 1. The van der Waals surface area contributed by atoms with Crippen LogP contribution in [0.1, 0.15) is 35.9 Å². The maximum Gasteiger partial charge on any atom is 0.387 e. The monoisotopic (exact) mass is 424 g/mol. The number of fused-ring (bicyclic) bond motifs is 1. The lowest BCUT2D eigenvalue weighted by Crippen LogP contribution is -2.33. The Morgan fingerprint density at radius 3 is 2.61 bits per heavy atom. The van der Waals surface area contributed by atoms with Gasteiger partial charge in [-0.25, -0.2) is 4.68 Å². The van der Waals surface area contributed by atoms with Gasteiger partial charge >= 0.3 is 6.61 Å². The Hall–Kier alpha value is -3.75. The largest absolute Gasteiger partial charge is 0.508 e. The first-order chi connectivity index (χ1) is 15.0. The molecule has 31 heavy (non-hydrogen) atoms. The molecule has 3 aromatic rings. The smallest absolute Gasteiger partial charge is 0.387 e. The molecule has 2 aliphatic rings. The third kappa shape index (κ3) is 3.31. The van der Waals surface area contributed by atoms with Crippen molar-refractivity contribution in [2.24, 2.45) is 0 Å². The van der Waals surface area contributed by atoms with Gasteiger partial charge in [0.1, 0.15) is 23.9 Å². The number of aromatic hydroxyl groups is 1. The van der Waals surface area contributed by atoms with Gasteiger partial charge in [0.15, 0.2) is 5.78 Å². The van der Waals surface area contributed by atoms with E-state index < -0.39 is 12.7 Å². The third-order valence-electron chi connectivity index (χ3n) is 5.67. The number of hydrogen-bond acceptors (Lipinski definition) is 6. The Labute approximate surface area is 176 Å². The van der Waals surface area contributed by atoms with Crippen LogP contribution in [0.2, 0.25) is 0 Å². The van der Waals surface area contributed by atoms with Crippen LogP contribution in [0, 0.1) is 0 Å². The lowest BCUT2D eigenvalue weighted by Gasteiger charge is -2.35. The third-order valence-corrected chi connectivity index (χ3v) is 5.67. The number of ketones is 1. The number of halogens is 2. The van der Waals surface area contributed by atoms with Crippen molar-refractivity contribution in [3.05, 3.63) is 77.3 Å². The summed E-state index contributed by atoms with van der Waals surface area (Å²) in [7, 11) is 0.